The van der Waals surface area contributed by atoms with Gasteiger partial charge in [-0.1, -0.05) is 6.92 Å². The molecule has 0 saturated carbocycles. The first-order chi connectivity index (χ1) is 8.15. The van der Waals surface area contributed by atoms with Gasteiger partial charge >= 0.3 is 0 Å². The summed E-state index contributed by atoms with van der Waals surface area (Å²) < 4.78 is 0. The number of aromatic nitrogens is 1. The van der Waals surface area contributed by atoms with Crippen molar-refractivity contribution in [2.45, 2.75) is 19.9 Å². The average molecular weight is 329 g/mol. The standard InChI is InChI=1S/C10H16N4O2S.2ClH/c1-2-7-4-14-10(17-7)6-13-9(16)5-12-8(15)3-11;;/h4H,2-3,5-6,11H2,1H3,(H,12,15)(H,13,16);2*1H. The number of rotatable bonds is 6. The third-order valence-corrected chi connectivity index (χ3v) is 3.16. The Morgan fingerprint density at radius 2 is 2.00 bits per heavy atom. The van der Waals surface area contributed by atoms with E-state index in [-0.39, 0.29) is 49.7 Å². The van der Waals surface area contributed by atoms with Gasteiger partial charge in [-0.15, -0.1) is 36.2 Å². The van der Waals surface area contributed by atoms with Crippen LogP contribution in [0.4, 0.5) is 0 Å². The number of aryl methyl sites for hydroxylation is 1. The zero-order chi connectivity index (χ0) is 12.7. The molecule has 110 valence electrons. The highest BCUT2D eigenvalue weighted by atomic mass is 35.5. The van der Waals surface area contributed by atoms with Crippen molar-refractivity contribution in [1.82, 2.24) is 15.6 Å². The van der Waals surface area contributed by atoms with E-state index in [0.717, 1.165) is 11.4 Å². The average Bonchev–Trinajstić information content (AvgIpc) is 2.81. The van der Waals surface area contributed by atoms with Crippen molar-refractivity contribution in [1.29, 1.82) is 0 Å². The van der Waals surface area contributed by atoms with E-state index in [4.69, 9.17) is 5.73 Å². The van der Waals surface area contributed by atoms with Gasteiger partial charge < -0.3 is 16.4 Å². The van der Waals surface area contributed by atoms with Crippen LogP contribution in [0.25, 0.3) is 0 Å². The molecule has 1 heterocycles. The molecule has 0 fully saturated rings. The largest absolute Gasteiger partial charge is 0.348 e. The lowest BCUT2D eigenvalue weighted by molar-refractivity contribution is -0.125. The van der Waals surface area contributed by atoms with Gasteiger partial charge in [0.15, 0.2) is 0 Å². The highest BCUT2D eigenvalue weighted by molar-refractivity contribution is 7.11. The molecule has 0 spiro atoms. The van der Waals surface area contributed by atoms with Crippen LogP contribution >= 0.6 is 36.2 Å². The van der Waals surface area contributed by atoms with E-state index in [9.17, 15) is 9.59 Å². The molecular formula is C10H18Cl2N4O2S. The van der Waals surface area contributed by atoms with Gasteiger partial charge in [0.2, 0.25) is 11.8 Å². The zero-order valence-electron chi connectivity index (χ0n) is 10.5. The minimum Gasteiger partial charge on any atom is -0.348 e. The van der Waals surface area contributed by atoms with Crippen LogP contribution in [0.1, 0.15) is 16.8 Å². The fraction of sp³-hybridized carbons (Fsp3) is 0.500. The molecule has 4 N–H and O–H groups in total. The van der Waals surface area contributed by atoms with Crippen LogP contribution in [0.5, 0.6) is 0 Å². The Balaban J connectivity index is 0. The third kappa shape index (κ3) is 7.99. The molecule has 0 atom stereocenters. The number of carbonyl (C=O) groups is 2. The number of thiazole rings is 1. The van der Waals surface area contributed by atoms with Gasteiger partial charge in [-0.05, 0) is 6.42 Å². The minimum atomic E-state index is -0.345. The third-order valence-electron chi connectivity index (χ3n) is 2.02. The monoisotopic (exact) mass is 328 g/mol. The van der Waals surface area contributed by atoms with Crippen LogP contribution in [-0.4, -0.2) is 29.9 Å². The number of hydrogen-bond donors (Lipinski definition) is 3. The summed E-state index contributed by atoms with van der Waals surface area (Å²) in [5.74, 6) is -0.595. The van der Waals surface area contributed by atoms with Gasteiger partial charge in [0.05, 0.1) is 19.6 Å². The smallest absolute Gasteiger partial charge is 0.239 e. The lowest BCUT2D eigenvalue weighted by Gasteiger charge is -2.04. The normalized spacial score (nSPS) is 8.95. The SMILES string of the molecule is CCc1cnc(CNC(=O)CNC(=O)CN)s1.Cl.Cl. The predicted octanol–water partition coefficient (Wildman–Crippen LogP) is 0.240. The van der Waals surface area contributed by atoms with E-state index >= 15 is 0 Å². The molecule has 19 heavy (non-hydrogen) atoms. The highest BCUT2D eigenvalue weighted by Crippen LogP contribution is 2.12. The number of nitrogens with zero attached hydrogens (tertiary/aromatic N) is 1. The van der Waals surface area contributed by atoms with Crippen molar-refractivity contribution in [3.8, 4) is 0 Å². The Labute approximate surface area is 128 Å². The fourth-order valence-corrected chi connectivity index (χ4v) is 1.88. The maximum absolute atomic E-state index is 11.3. The first kappa shape index (κ1) is 20.4. The molecule has 0 aliphatic carbocycles. The van der Waals surface area contributed by atoms with Crippen molar-refractivity contribution in [2.75, 3.05) is 13.1 Å². The van der Waals surface area contributed by atoms with Crippen LogP contribution in [0.15, 0.2) is 6.20 Å². The van der Waals surface area contributed by atoms with Crippen molar-refractivity contribution < 1.29 is 9.59 Å². The first-order valence-electron chi connectivity index (χ1n) is 5.32. The maximum atomic E-state index is 11.3. The van der Waals surface area contributed by atoms with Crippen molar-refractivity contribution in [2.24, 2.45) is 5.73 Å². The molecule has 1 rings (SSSR count). The Morgan fingerprint density at radius 1 is 1.32 bits per heavy atom. The summed E-state index contributed by atoms with van der Waals surface area (Å²) in [4.78, 5) is 27.5. The molecule has 0 aromatic carbocycles. The van der Waals surface area contributed by atoms with E-state index in [1.54, 1.807) is 11.3 Å². The van der Waals surface area contributed by atoms with Crippen LogP contribution in [-0.2, 0) is 22.6 Å². The number of amides is 2. The zero-order valence-corrected chi connectivity index (χ0v) is 12.9. The lowest BCUT2D eigenvalue weighted by atomic mass is 10.4. The quantitative estimate of drug-likeness (QED) is 0.696. The number of carbonyl (C=O) groups excluding carboxylic acids is 2. The van der Waals surface area contributed by atoms with E-state index in [0.29, 0.717) is 6.54 Å². The summed E-state index contributed by atoms with van der Waals surface area (Å²) in [5, 5.41) is 5.92. The fourth-order valence-electron chi connectivity index (χ4n) is 1.08. The van der Waals surface area contributed by atoms with Crippen LogP contribution < -0.4 is 16.4 Å². The molecule has 0 unspecified atom stereocenters. The number of nitrogens with one attached hydrogen (secondary N) is 2. The Bertz CT molecular complexity index is 401. The van der Waals surface area contributed by atoms with Gasteiger partial charge in [0.25, 0.3) is 0 Å². The second kappa shape index (κ2) is 11.0. The molecule has 0 saturated heterocycles. The van der Waals surface area contributed by atoms with Crippen molar-refractivity contribution >= 4 is 48.0 Å². The summed E-state index contributed by atoms with van der Waals surface area (Å²) in [6.07, 6.45) is 2.75. The van der Waals surface area contributed by atoms with Gasteiger partial charge in [0.1, 0.15) is 5.01 Å². The van der Waals surface area contributed by atoms with Gasteiger partial charge in [0, 0.05) is 11.1 Å². The summed E-state index contributed by atoms with van der Waals surface area (Å²) in [6.45, 7) is 2.28. The van der Waals surface area contributed by atoms with E-state index in [2.05, 4.69) is 22.5 Å². The van der Waals surface area contributed by atoms with Crippen LogP contribution in [0.3, 0.4) is 0 Å². The van der Waals surface area contributed by atoms with Gasteiger partial charge in [-0.25, -0.2) is 4.98 Å². The van der Waals surface area contributed by atoms with E-state index in [1.807, 2.05) is 6.20 Å². The van der Waals surface area contributed by atoms with E-state index in [1.165, 1.54) is 4.88 Å². The maximum Gasteiger partial charge on any atom is 0.239 e. The number of hydrogen-bond acceptors (Lipinski definition) is 5. The van der Waals surface area contributed by atoms with Crippen LogP contribution in [0, 0.1) is 0 Å². The number of halogens is 2. The second-order valence-corrected chi connectivity index (χ2v) is 4.53. The van der Waals surface area contributed by atoms with E-state index < -0.39 is 0 Å². The Morgan fingerprint density at radius 3 is 2.53 bits per heavy atom. The van der Waals surface area contributed by atoms with Gasteiger partial charge in [-0.3, -0.25) is 9.59 Å². The molecule has 2 amide bonds. The molecule has 0 bridgehead atoms. The minimum absolute atomic E-state index is 0. The molecule has 1 aromatic heterocycles. The number of nitrogens with two attached hydrogens (primary N) is 1. The van der Waals surface area contributed by atoms with Crippen molar-refractivity contribution in [3.05, 3.63) is 16.1 Å². The molecular weight excluding hydrogens is 311 g/mol. The lowest BCUT2D eigenvalue weighted by Crippen LogP contribution is -2.39. The van der Waals surface area contributed by atoms with Crippen molar-refractivity contribution in [3.63, 3.8) is 0 Å². The van der Waals surface area contributed by atoms with Crippen LogP contribution in [0.2, 0.25) is 0 Å². The Kier molecular flexibility index (Phi) is 11.8. The summed E-state index contributed by atoms with van der Waals surface area (Å²) in [7, 11) is 0. The summed E-state index contributed by atoms with van der Waals surface area (Å²) >= 11 is 1.57. The first-order valence-corrected chi connectivity index (χ1v) is 6.14. The topological polar surface area (TPSA) is 97.1 Å². The highest BCUT2D eigenvalue weighted by Gasteiger charge is 2.05. The molecule has 0 radical (unpaired) electrons. The molecule has 0 aliphatic heterocycles. The molecule has 9 heteroatoms. The second-order valence-electron chi connectivity index (χ2n) is 3.33. The summed E-state index contributed by atoms with van der Waals surface area (Å²) in [6, 6.07) is 0. The predicted molar refractivity (Wildman–Crippen MR) is 79.9 cm³/mol. The molecule has 1 aromatic rings. The molecule has 0 aliphatic rings. The van der Waals surface area contributed by atoms with Gasteiger partial charge in [-0.2, -0.15) is 0 Å². The Hall–Kier alpha value is -0.890. The molecule has 6 nitrogen and oxygen atoms in total. The summed E-state index contributed by atoms with van der Waals surface area (Å²) in [5.41, 5.74) is 5.09.